The average Bonchev–Trinajstić information content (AvgIpc) is 3.56. The van der Waals surface area contributed by atoms with Gasteiger partial charge < -0.3 is 14.2 Å². The average molecular weight is 1060 g/mol. The molecule has 13 rings (SSSR count). The van der Waals surface area contributed by atoms with Crippen LogP contribution in [0, 0.1) is 20.8 Å². The number of nitrogens with zero attached hydrogens (tertiary/aromatic N) is 2. The van der Waals surface area contributed by atoms with Crippen molar-refractivity contribution in [3.63, 3.8) is 0 Å². The zero-order chi connectivity index (χ0) is 55.8. The number of furan rings is 1. The Morgan fingerprint density at radius 2 is 0.950 bits per heavy atom. The summed E-state index contributed by atoms with van der Waals surface area (Å²) in [7, 11) is -1.82. The molecular formula is C75H75BN2OS. The number of aryl methyl sites for hydroxylation is 3. The summed E-state index contributed by atoms with van der Waals surface area (Å²) in [6.45, 7) is 30.5. The van der Waals surface area contributed by atoms with Gasteiger partial charge in [-0.2, -0.15) is 0 Å². The number of fused-ring (bicyclic) bond motifs is 7. The van der Waals surface area contributed by atoms with Gasteiger partial charge in [-0.05, 0) is 219 Å². The third-order valence-electron chi connectivity index (χ3n) is 18.2. The summed E-state index contributed by atoms with van der Waals surface area (Å²) in [5.74, 6) is 0. The maximum absolute atomic E-state index is 7.46. The SMILES string of the molecule is Cc1cc2c3c(c1)N(c1ccc(C(C)(C)C)cc1)c1c(oc4ccc(C(C)(C)C)cc14)B3c1cc3c(cc1N2c1c(C)cc(-c2ccc(S(c4ccccc4)(c4ccccc4)c4ccccc4)cc2)cc1C)C(C)(C)CCC3(C)C. The Bertz CT molecular complexity index is 3930. The zero-order valence-electron chi connectivity index (χ0n) is 49.2. The molecule has 0 spiro atoms. The molecule has 0 amide bonds. The highest BCUT2D eigenvalue weighted by atomic mass is 32.3. The minimum Gasteiger partial charge on any atom is -0.468 e. The molecule has 0 unspecified atom stereocenters. The van der Waals surface area contributed by atoms with Crippen LogP contribution in [0.2, 0.25) is 0 Å². The van der Waals surface area contributed by atoms with E-state index in [4.69, 9.17) is 4.42 Å². The van der Waals surface area contributed by atoms with Crippen molar-refractivity contribution in [3.8, 4) is 11.1 Å². The maximum Gasteiger partial charge on any atom is 0.297 e. The molecule has 0 N–H and O–H groups in total. The Morgan fingerprint density at radius 3 is 1.48 bits per heavy atom. The van der Waals surface area contributed by atoms with Crippen LogP contribution in [0.25, 0.3) is 22.1 Å². The van der Waals surface area contributed by atoms with Crippen molar-refractivity contribution in [2.75, 3.05) is 9.80 Å². The lowest BCUT2D eigenvalue weighted by Gasteiger charge is -2.47. The molecule has 0 radical (unpaired) electrons. The number of benzene rings is 9. The van der Waals surface area contributed by atoms with E-state index in [2.05, 4.69) is 294 Å². The van der Waals surface area contributed by atoms with Crippen molar-refractivity contribution >= 4 is 78.4 Å². The minimum absolute atomic E-state index is 0.000993. The van der Waals surface area contributed by atoms with E-state index >= 15 is 0 Å². The first-order valence-electron chi connectivity index (χ1n) is 29.0. The Morgan fingerprint density at radius 1 is 0.463 bits per heavy atom. The molecule has 3 nitrogen and oxygen atoms in total. The van der Waals surface area contributed by atoms with Gasteiger partial charge in [-0.3, -0.25) is 0 Å². The van der Waals surface area contributed by atoms with Crippen LogP contribution in [-0.4, -0.2) is 6.71 Å². The summed E-state index contributed by atoms with van der Waals surface area (Å²) >= 11 is 0. The van der Waals surface area contributed by atoms with Gasteiger partial charge in [0.2, 0.25) is 0 Å². The fraction of sp³-hybridized carbons (Fsp3) is 0.253. The van der Waals surface area contributed by atoms with Crippen molar-refractivity contribution in [1.29, 1.82) is 0 Å². The topological polar surface area (TPSA) is 19.6 Å². The van der Waals surface area contributed by atoms with Crippen LogP contribution in [0.15, 0.2) is 218 Å². The lowest BCUT2D eigenvalue weighted by molar-refractivity contribution is 0.332. The van der Waals surface area contributed by atoms with Gasteiger partial charge in [-0.25, -0.2) is 0 Å². The van der Waals surface area contributed by atoms with Gasteiger partial charge in [0.25, 0.3) is 6.71 Å². The molecule has 3 aliphatic rings. The summed E-state index contributed by atoms with van der Waals surface area (Å²) in [6, 6.07) is 74.3. The monoisotopic (exact) mass is 1060 g/mol. The summed E-state index contributed by atoms with van der Waals surface area (Å²) in [6.07, 6.45) is 2.27. The van der Waals surface area contributed by atoms with Gasteiger partial charge in [0.1, 0.15) is 5.58 Å². The highest BCUT2D eigenvalue weighted by molar-refractivity contribution is 8.34. The number of anilines is 6. The van der Waals surface area contributed by atoms with E-state index in [-0.39, 0.29) is 28.4 Å². The number of hydrogen-bond acceptors (Lipinski definition) is 3. The molecule has 2 aliphatic heterocycles. The maximum atomic E-state index is 7.46. The highest BCUT2D eigenvalue weighted by Gasteiger charge is 2.49. The van der Waals surface area contributed by atoms with Crippen molar-refractivity contribution in [2.45, 2.75) is 144 Å². The standard InChI is InChI=1S/C75H75BN2OS/c1-48-41-65-68-66(42-48)78(69-49(2)43-52(44-50(69)3)51-29-36-59(37-30-51)80(56-23-17-14-18-24-56,57-25-19-15-20-26-57)58-27-21-16-22-28-58)64-47-62-61(74(10,11)39-40-75(62,12)13)46-63(64)76(68)71-70(60-45-54(73(7,8)9)33-38-67(60)79-71)77(65)55-34-31-53(32-35-55)72(4,5)6/h14-38,41-47H,39-40H2,1-13H3. The van der Waals surface area contributed by atoms with Gasteiger partial charge in [0, 0.05) is 47.7 Å². The number of rotatable bonds is 7. The second-order valence-electron chi connectivity index (χ2n) is 26.7. The van der Waals surface area contributed by atoms with Crippen molar-refractivity contribution < 1.29 is 4.42 Å². The summed E-state index contributed by atoms with van der Waals surface area (Å²) in [4.78, 5) is 10.5. The van der Waals surface area contributed by atoms with E-state index in [0.717, 1.165) is 40.8 Å². The molecule has 1 aliphatic carbocycles. The van der Waals surface area contributed by atoms with E-state index in [1.54, 1.807) is 0 Å². The van der Waals surface area contributed by atoms with Crippen LogP contribution in [0.3, 0.4) is 0 Å². The molecular weight excluding hydrogens is 988 g/mol. The second-order valence-corrected chi connectivity index (χ2v) is 29.8. The molecule has 80 heavy (non-hydrogen) atoms. The summed E-state index contributed by atoms with van der Waals surface area (Å²) in [5, 5.41) is 1.16. The largest absolute Gasteiger partial charge is 0.468 e. The van der Waals surface area contributed by atoms with Crippen LogP contribution < -0.4 is 26.4 Å². The van der Waals surface area contributed by atoms with E-state index in [1.807, 2.05) is 0 Å². The second kappa shape index (κ2) is 18.5. The molecule has 0 bridgehead atoms. The zero-order valence-corrected chi connectivity index (χ0v) is 50.0. The molecule has 0 saturated heterocycles. The lowest BCUT2D eigenvalue weighted by atomic mass is 9.35. The lowest BCUT2D eigenvalue weighted by Crippen LogP contribution is -2.61. The van der Waals surface area contributed by atoms with E-state index in [9.17, 15) is 0 Å². The van der Waals surface area contributed by atoms with Gasteiger partial charge in [0.05, 0.1) is 17.0 Å². The molecule has 3 heterocycles. The number of hydrogen-bond donors (Lipinski definition) is 0. The fourth-order valence-electron chi connectivity index (χ4n) is 13.8. The van der Waals surface area contributed by atoms with Gasteiger partial charge >= 0.3 is 0 Å². The third kappa shape index (κ3) is 8.15. The smallest absolute Gasteiger partial charge is 0.297 e. The summed E-state index contributed by atoms with van der Waals surface area (Å²) < 4.78 is 7.46. The predicted molar refractivity (Wildman–Crippen MR) is 343 cm³/mol. The first-order chi connectivity index (χ1) is 38.1. The Hall–Kier alpha value is -7.47. The fourth-order valence-corrected chi connectivity index (χ4v) is 17.7. The molecule has 0 fully saturated rings. The van der Waals surface area contributed by atoms with Crippen LogP contribution in [0.5, 0.6) is 0 Å². The predicted octanol–water partition coefficient (Wildman–Crippen LogP) is 19.4. The molecule has 400 valence electrons. The molecule has 0 atom stereocenters. The van der Waals surface area contributed by atoms with Crippen LogP contribution in [0.4, 0.5) is 34.1 Å². The van der Waals surface area contributed by atoms with E-state index in [0.29, 0.717) is 0 Å². The summed E-state index contributed by atoms with van der Waals surface area (Å²) in [5.41, 5.74) is 23.4. The molecule has 5 heteroatoms. The molecule has 10 aromatic rings. The quantitative estimate of drug-likeness (QED) is 0.148. The van der Waals surface area contributed by atoms with E-state index < -0.39 is 10.0 Å². The highest BCUT2D eigenvalue weighted by Crippen LogP contribution is 2.73. The molecule has 1 aromatic heterocycles. The van der Waals surface area contributed by atoms with Crippen LogP contribution in [0.1, 0.15) is 121 Å². The Labute approximate surface area is 478 Å². The van der Waals surface area contributed by atoms with Crippen LogP contribution in [-0.2, 0) is 21.7 Å². The van der Waals surface area contributed by atoms with Crippen molar-refractivity contribution in [1.82, 2.24) is 0 Å². The van der Waals surface area contributed by atoms with Gasteiger partial charge in [-0.15, -0.1) is 10.0 Å². The Balaban J connectivity index is 1.03. The van der Waals surface area contributed by atoms with Gasteiger partial charge in [0.15, 0.2) is 0 Å². The van der Waals surface area contributed by atoms with E-state index in [1.165, 1.54) is 103 Å². The van der Waals surface area contributed by atoms with Crippen molar-refractivity contribution in [3.05, 3.63) is 233 Å². The van der Waals surface area contributed by atoms with Gasteiger partial charge in [-0.1, -0.05) is 160 Å². The third-order valence-corrected chi connectivity index (χ3v) is 22.1. The first-order valence-corrected chi connectivity index (χ1v) is 30.6. The molecule has 9 aromatic carbocycles. The van der Waals surface area contributed by atoms with Crippen molar-refractivity contribution in [2.24, 2.45) is 0 Å². The molecule has 0 saturated carbocycles. The minimum atomic E-state index is -1.82. The first kappa shape index (κ1) is 51.9. The Kier molecular flexibility index (Phi) is 12.0. The normalized spacial score (nSPS) is 15.5. The van der Waals surface area contributed by atoms with Crippen LogP contribution >= 0.6 is 10.0 Å².